The fourth-order valence-corrected chi connectivity index (χ4v) is 7.53. The van der Waals surface area contributed by atoms with Crippen LogP contribution in [0.1, 0.15) is 88.2 Å². The molecular formula is C51H59NO14. The predicted octanol–water partition coefficient (Wildman–Crippen LogP) is 8.28. The van der Waals surface area contributed by atoms with Crippen LogP contribution in [0.5, 0.6) is 28.7 Å². The van der Waals surface area contributed by atoms with Crippen molar-refractivity contribution in [3.8, 4) is 28.7 Å². The van der Waals surface area contributed by atoms with Gasteiger partial charge in [0.25, 0.3) is 0 Å². The number of esters is 6. The summed E-state index contributed by atoms with van der Waals surface area (Å²) in [6.45, 7) is 8.33. The van der Waals surface area contributed by atoms with Crippen LogP contribution in [0.2, 0.25) is 0 Å². The summed E-state index contributed by atoms with van der Waals surface area (Å²) >= 11 is 0. The van der Waals surface area contributed by atoms with Crippen LogP contribution in [0.25, 0.3) is 0 Å². The number of hydrogen-bond acceptors (Lipinski definition) is 15. The lowest BCUT2D eigenvalue weighted by Gasteiger charge is -2.26. The second-order valence-electron chi connectivity index (χ2n) is 16.1. The smallest absolute Gasteiger partial charge is 0.330 e. The average molecular weight is 910 g/mol. The normalized spacial score (nSPS) is 17.8. The van der Waals surface area contributed by atoms with Crippen LogP contribution in [0.3, 0.4) is 0 Å². The van der Waals surface area contributed by atoms with E-state index in [1.165, 1.54) is 0 Å². The molecule has 2 fully saturated rings. The van der Waals surface area contributed by atoms with Crippen molar-refractivity contribution < 1.29 is 66.7 Å². The van der Waals surface area contributed by atoms with Crippen LogP contribution >= 0.6 is 0 Å². The molecule has 0 saturated heterocycles. The van der Waals surface area contributed by atoms with Crippen molar-refractivity contribution in [2.24, 2.45) is 23.7 Å². The van der Waals surface area contributed by atoms with Crippen molar-refractivity contribution in [2.45, 2.75) is 83.5 Å². The highest BCUT2D eigenvalue weighted by atomic mass is 16.6. The summed E-state index contributed by atoms with van der Waals surface area (Å²) in [5, 5.41) is 7.94. The van der Waals surface area contributed by atoms with Crippen molar-refractivity contribution in [3.05, 3.63) is 103 Å². The molecule has 2 saturated carbocycles. The van der Waals surface area contributed by atoms with E-state index in [2.05, 4.69) is 13.2 Å². The Labute approximate surface area is 385 Å². The van der Waals surface area contributed by atoms with Crippen LogP contribution in [-0.4, -0.2) is 75.1 Å². The fraction of sp³-hybridized carbons (Fsp3) is 0.431. The number of rotatable bonds is 25. The molecule has 0 aliphatic heterocycles. The van der Waals surface area contributed by atoms with E-state index in [0.29, 0.717) is 138 Å². The molecule has 0 atom stereocenters. The third-order valence-corrected chi connectivity index (χ3v) is 11.4. The molecule has 352 valence electrons. The van der Waals surface area contributed by atoms with Crippen LogP contribution in [0.15, 0.2) is 92.0 Å². The first-order valence-corrected chi connectivity index (χ1v) is 22.5. The third kappa shape index (κ3) is 16.7. The maximum Gasteiger partial charge on any atom is 0.330 e. The van der Waals surface area contributed by atoms with E-state index in [-0.39, 0.29) is 48.0 Å². The summed E-state index contributed by atoms with van der Waals surface area (Å²) in [7, 11) is 0. The van der Waals surface area contributed by atoms with E-state index in [9.17, 15) is 28.8 Å². The van der Waals surface area contributed by atoms with Gasteiger partial charge in [-0.1, -0.05) is 19.2 Å². The van der Waals surface area contributed by atoms with E-state index in [0.717, 1.165) is 23.9 Å². The van der Waals surface area contributed by atoms with Gasteiger partial charge in [-0.2, -0.15) is 0 Å². The highest BCUT2D eigenvalue weighted by molar-refractivity contribution is 5.85. The van der Waals surface area contributed by atoms with Gasteiger partial charge in [0.05, 0.1) is 56.7 Å². The second kappa shape index (κ2) is 26.9. The molecule has 0 radical (unpaired) electrons. The topological polar surface area (TPSA) is 200 Å². The Morgan fingerprint density at radius 2 is 0.879 bits per heavy atom. The van der Waals surface area contributed by atoms with E-state index in [1.807, 2.05) is 0 Å². The van der Waals surface area contributed by atoms with Crippen LogP contribution in [-0.2, 0) is 49.4 Å². The van der Waals surface area contributed by atoms with Crippen molar-refractivity contribution >= 4 is 42.0 Å². The van der Waals surface area contributed by atoms with Gasteiger partial charge in [0, 0.05) is 30.4 Å². The van der Waals surface area contributed by atoms with Crippen LogP contribution in [0.4, 0.5) is 0 Å². The van der Waals surface area contributed by atoms with Gasteiger partial charge in [0.15, 0.2) is 0 Å². The minimum Gasteiger partial charge on any atom is -0.494 e. The minimum absolute atomic E-state index is 0.132. The van der Waals surface area contributed by atoms with Gasteiger partial charge in [-0.15, -0.1) is 0 Å². The molecule has 0 bridgehead atoms. The first kappa shape index (κ1) is 50.2. The molecular weight excluding hydrogens is 851 g/mol. The Morgan fingerprint density at radius 1 is 0.485 bits per heavy atom. The third-order valence-electron chi connectivity index (χ3n) is 11.4. The van der Waals surface area contributed by atoms with Gasteiger partial charge < -0.3 is 43.3 Å². The molecule has 2 aliphatic carbocycles. The molecule has 15 nitrogen and oxygen atoms in total. The molecule has 0 heterocycles. The summed E-state index contributed by atoms with van der Waals surface area (Å²) in [5.74, 6) is -1.41. The second-order valence-corrected chi connectivity index (χ2v) is 16.1. The van der Waals surface area contributed by atoms with Crippen molar-refractivity contribution in [3.63, 3.8) is 0 Å². The number of unbranched alkanes of at least 4 members (excludes halogenated alkanes) is 2. The number of ether oxygens (including phenoxy) is 8. The standard InChI is InChI=1S/C51H59NO14/c1-3-46(53)61-30-7-5-28-59-41-18-22-43(23-19-41)64-49(56)37-12-10-36(11-13-37)48(55)63-32-27-35-9-26-45(40(33-35)34-52)66-51(58)39-16-14-38(15-17-39)50(57)65-44-24-20-42(21-25-44)60-29-6-8-31-62-47(54)4-2/h3-4,9,18-26,33-34,36-39,52H,1-2,5-8,10-17,27-32H2. The molecule has 1 N–H and O–H groups in total. The Hall–Kier alpha value is -6.77. The van der Waals surface area contributed by atoms with E-state index < -0.39 is 23.8 Å². The van der Waals surface area contributed by atoms with E-state index in [4.69, 9.17) is 43.3 Å². The SMILES string of the molecule is C=CC(=O)OCCCCOc1ccc(OC(=O)C2CCC(C(=O)OCCc3ccc(OC(=O)C4CCC(C(=O)Oc5ccc(OCCCCOC(=O)C=C)cc5)CC4)c(C=N)c3)CC2)cc1. The molecule has 3 aromatic carbocycles. The molecule has 0 spiro atoms. The predicted molar refractivity (Wildman–Crippen MR) is 241 cm³/mol. The minimum atomic E-state index is -0.452. The summed E-state index contributed by atoms with van der Waals surface area (Å²) < 4.78 is 43.8. The maximum absolute atomic E-state index is 13.2. The molecule has 2 aliphatic rings. The van der Waals surface area contributed by atoms with Gasteiger partial charge in [-0.25, -0.2) is 9.59 Å². The van der Waals surface area contributed by atoms with Crippen molar-refractivity contribution in [2.75, 3.05) is 33.0 Å². The van der Waals surface area contributed by atoms with Crippen LogP contribution < -0.4 is 23.7 Å². The summed E-state index contributed by atoms with van der Waals surface area (Å²) in [4.78, 5) is 74.0. The Kier molecular flexibility index (Phi) is 20.5. The lowest BCUT2D eigenvalue weighted by Crippen LogP contribution is -2.30. The van der Waals surface area contributed by atoms with Crippen molar-refractivity contribution in [1.29, 1.82) is 5.41 Å². The first-order valence-electron chi connectivity index (χ1n) is 22.5. The average Bonchev–Trinajstić information content (AvgIpc) is 3.34. The number of hydrogen-bond donors (Lipinski definition) is 1. The summed E-state index contributed by atoms with van der Waals surface area (Å²) in [6, 6.07) is 18.7. The zero-order valence-corrected chi connectivity index (χ0v) is 37.2. The highest BCUT2D eigenvalue weighted by Crippen LogP contribution is 2.33. The fourth-order valence-electron chi connectivity index (χ4n) is 7.53. The maximum atomic E-state index is 13.2. The van der Waals surface area contributed by atoms with E-state index in [1.54, 1.807) is 66.7 Å². The summed E-state index contributed by atoms with van der Waals surface area (Å²) in [5.41, 5.74) is 1.22. The number of carbonyl (C=O) groups is 6. The van der Waals surface area contributed by atoms with Gasteiger partial charge in [-0.3, -0.25) is 19.2 Å². The van der Waals surface area contributed by atoms with E-state index >= 15 is 0 Å². The van der Waals surface area contributed by atoms with Gasteiger partial charge in [-0.05, 0) is 143 Å². The van der Waals surface area contributed by atoms with Gasteiger partial charge >= 0.3 is 35.8 Å². The zero-order valence-electron chi connectivity index (χ0n) is 37.2. The zero-order chi connectivity index (χ0) is 47.1. The summed E-state index contributed by atoms with van der Waals surface area (Å²) in [6.07, 6.45) is 10.4. The van der Waals surface area contributed by atoms with Gasteiger partial charge in [0.1, 0.15) is 28.7 Å². The quantitative estimate of drug-likeness (QED) is 0.0213. The monoisotopic (exact) mass is 909 g/mol. The molecule has 0 amide bonds. The Balaban J connectivity index is 0.943. The van der Waals surface area contributed by atoms with Gasteiger partial charge in [0.2, 0.25) is 0 Å². The largest absolute Gasteiger partial charge is 0.494 e. The molecule has 5 rings (SSSR count). The highest BCUT2D eigenvalue weighted by Gasteiger charge is 2.33. The number of benzene rings is 3. The molecule has 0 unspecified atom stereocenters. The lowest BCUT2D eigenvalue weighted by atomic mass is 9.82. The molecule has 3 aromatic rings. The first-order chi connectivity index (χ1) is 32.0. The molecule has 0 aromatic heterocycles. The Bertz CT molecular complexity index is 2120. The lowest BCUT2D eigenvalue weighted by molar-refractivity contribution is -0.152. The van der Waals surface area contributed by atoms with Crippen LogP contribution in [0, 0.1) is 29.1 Å². The molecule has 15 heteroatoms. The number of carbonyl (C=O) groups excluding carboxylic acids is 6. The number of nitrogens with one attached hydrogen (secondary N) is 1. The molecule has 66 heavy (non-hydrogen) atoms. The Morgan fingerprint density at radius 3 is 1.30 bits per heavy atom. The van der Waals surface area contributed by atoms with Crippen molar-refractivity contribution in [1.82, 2.24) is 0 Å².